The molecule has 1 aliphatic carbocycles. The van der Waals surface area contributed by atoms with Crippen LogP contribution in [0.5, 0.6) is 0 Å². The lowest BCUT2D eigenvalue weighted by molar-refractivity contribution is 0.0495. The molecule has 5 heteroatoms. The number of hydrogen-bond donors (Lipinski definition) is 1. The van der Waals surface area contributed by atoms with Gasteiger partial charge < -0.3 is 9.84 Å². The maximum atomic E-state index is 11.4. The molecular weight excluding hydrogens is 332 g/mol. The molecule has 21 heavy (non-hydrogen) atoms. The Morgan fingerprint density at radius 1 is 1.43 bits per heavy atom. The molecule has 0 bridgehead atoms. The summed E-state index contributed by atoms with van der Waals surface area (Å²) >= 11 is 3.55. The quantitative estimate of drug-likeness (QED) is 0.922. The molecule has 1 atom stereocenters. The Kier molecular flexibility index (Phi) is 4.15. The highest BCUT2D eigenvalue weighted by molar-refractivity contribution is 9.10. The molecule has 1 heterocycles. The molecule has 1 unspecified atom stereocenters. The number of methoxy groups -OCH3 is 1. The van der Waals surface area contributed by atoms with Crippen LogP contribution in [0.1, 0.15) is 29.7 Å². The van der Waals surface area contributed by atoms with E-state index in [2.05, 4.69) is 27.1 Å². The summed E-state index contributed by atoms with van der Waals surface area (Å²) in [5.74, 6) is 0. The van der Waals surface area contributed by atoms with Crippen molar-refractivity contribution in [2.75, 3.05) is 13.7 Å². The third-order valence-electron chi connectivity index (χ3n) is 4.14. The van der Waals surface area contributed by atoms with Crippen LogP contribution < -0.4 is 0 Å². The van der Waals surface area contributed by atoms with E-state index in [0.717, 1.165) is 28.6 Å². The predicted molar refractivity (Wildman–Crippen MR) is 84.2 cm³/mol. The monoisotopic (exact) mass is 350 g/mol. The molecule has 0 spiro atoms. The van der Waals surface area contributed by atoms with Crippen LogP contribution in [0, 0.1) is 0 Å². The lowest BCUT2D eigenvalue weighted by atomic mass is 9.77. The second kappa shape index (κ2) is 5.91. The number of aliphatic hydroxyl groups is 1. The van der Waals surface area contributed by atoms with Gasteiger partial charge in [-0.25, -0.2) is 0 Å². The normalized spacial score (nSPS) is 21.3. The summed E-state index contributed by atoms with van der Waals surface area (Å²) in [5, 5.41) is 15.8. The average Bonchev–Trinajstić information content (AvgIpc) is 2.87. The van der Waals surface area contributed by atoms with Crippen molar-refractivity contribution in [3.05, 3.63) is 51.8 Å². The SMILES string of the molecule is COCCn1ncc(Br)c1C1(O)CCCc2ccccc21. The van der Waals surface area contributed by atoms with E-state index >= 15 is 0 Å². The van der Waals surface area contributed by atoms with E-state index in [9.17, 15) is 5.11 Å². The van der Waals surface area contributed by atoms with Crippen molar-refractivity contribution in [1.82, 2.24) is 9.78 Å². The number of aryl methyl sites for hydroxylation is 1. The molecule has 0 amide bonds. The number of nitrogens with zero attached hydrogens (tertiary/aromatic N) is 2. The largest absolute Gasteiger partial charge is 0.383 e. The fourth-order valence-electron chi connectivity index (χ4n) is 3.18. The first-order valence-corrected chi connectivity index (χ1v) is 7.97. The van der Waals surface area contributed by atoms with Gasteiger partial charge in [0.05, 0.1) is 29.5 Å². The smallest absolute Gasteiger partial charge is 0.133 e. The minimum absolute atomic E-state index is 0.568. The van der Waals surface area contributed by atoms with Gasteiger partial charge in [-0.3, -0.25) is 4.68 Å². The van der Waals surface area contributed by atoms with E-state index in [1.807, 2.05) is 22.9 Å². The Morgan fingerprint density at radius 2 is 2.24 bits per heavy atom. The number of fused-ring (bicyclic) bond motifs is 1. The van der Waals surface area contributed by atoms with E-state index in [1.165, 1.54) is 5.56 Å². The van der Waals surface area contributed by atoms with E-state index in [4.69, 9.17) is 4.74 Å². The van der Waals surface area contributed by atoms with Gasteiger partial charge >= 0.3 is 0 Å². The van der Waals surface area contributed by atoms with Crippen LogP contribution in [0.2, 0.25) is 0 Å². The van der Waals surface area contributed by atoms with Gasteiger partial charge in [0, 0.05) is 7.11 Å². The maximum absolute atomic E-state index is 11.4. The molecule has 0 saturated carbocycles. The minimum atomic E-state index is -0.988. The fourth-order valence-corrected chi connectivity index (χ4v) is 3.80. The third kappa shape index (κ3) is 2.54. The van der Waals surface area contributed by atoms with E-state index in [-0.39, 0.29) is 0 Å². The Balaban J connectivity index is 2.10. The number of rotatable bonds is 4. The van der Waals surface area contributed by atoms with Crippen LogP contribution in [-0.2, 0) is 23.3 Å². The number of ether oxygens (including phenoxy) is 1. The van der Waals surface area contributed by atoms with Gasteiger partial charge in [0.1, 0.15) is 5.60 Å². The van der Waals surface area contributed by atoms with Crippen molar-refractivity contribution < 1.29 is 9.84 Å². The molecule has 0 radical (unpaired) electrons. The molecule has 2 aromatic rings. The summed E-state index contributed by atoms with van der Waals surface area (Å²) < 4.78 is 7.83. The Labute approximate surface area is 132 Å². The lowest BCUT2D eigenvalue weighted by Gasteiger charge is -2.35. The Bertz CT molecular complexity index is 641. The molecule has 0 saturated heterocycles. The second-order valence-electron chi connectivity index (χ2n) is 5.43. The molecule has 0 fully saturated rings. The molecule has 1 aromatic heterocycles. The predicted octanol–water partition coefficient (Wildman–Crippen LogP) is 2.86. The molecule has 1 N–H and O–H groups in total. The minimum Gasteiger partial charge on any atom is -0.383 e. The van der Waals surface area contributed by atoms with Crippen LogP contribution in [0.25, 0.3) is 0 Å². The molecular formula is C16H19BrN2O2. The molecule has 0 aliphatic heterocycles. The summed E-state index contributed by atoms with van der Waals surface area (Å²) in [7, 11) is 1.67. The van der Waals surface area contributed by atoms with E-state index in [1.54, 1.807) is 13.3 Å². The highest BCUT2D eigenvalue weighted by Crippen LogP contribution is 2.42. The zero-order valence-electron chi connectivity index (χ0n) is 12.1. The number of hydrogen-bond acceptors (Lipinski definition) is 3. The van der Waals surface area contributed by atoms with Crippen LogP contribution in [0.3, 0.4) is 0 Å². The van der Waals surface area contributed by atoms with Crippen LogP contribution in [-0.4, -0.2) is 28.6 Å². The molecule has 4 nitrogen and oxygen atoms in total. The summed E-state index contributed by atoms with van der Waals surface area (Å²) in [6.07, 6.45) is 4.44. The van der Waals surface area contributed by atoms with Crippen molar-refractivity contribution in [2.24, 2.45) is 0 Å². The van der Waals surface area contributed by atoms with Crippen molar-refractivity contribution in [1.29, 1.82) is 0 Å². The van der Waals surface area contributed by atoms with E-state index < -0.39 is 5.60 Å². The van der Waals surface area contributed by atoms with Crippen LogP contribution >= 0.6 is 15.9 Å². The maximum Gasteiger partial charge on any atom is 0.133 e. The highest BCUT2D eigenvalue weighted by atomic mass is 79.9. The van der Waals surface area contributed by atoms with Gasteiger partial charge in [0.25, 0.3) is 0 Å². The van der Waals surface area contributed by atoms with Gasteiger partial charge in [-0.2, -0.15) is 5.10 Å². The first kappa shape index (κ1) is 14.8. The Hall–Kier alpha value is -1.17. The lowest BCUT2D eigenvalue weighted by Crippen LogP contribution is -2.35. The van der Waals surface area contributed by atoms with Gasteiger partial charge in [-0.1, -0.05) is 24.3 Å². The Morgan fingerprint density at radius 3 is 3.05 bits per heavy atom. The summed E-state index contributed by atoms with van der Waals surface area (Å²) in [4.78, 5) is 0. The van der Waals surface area contributed by atoms with Gasteiger partial charge in [0.15, 0.2) is 0 Å². The molecule has 1 aromatic carbocycles. The first-order valence-electron chi connectivity index (χ1n) is 7.18. The van der Waals surface area contributed by atoms with Gasteiger partial charge in [0.2, 0.25) is 0 Å². The standard InChI is InChI=1S/C16H19BrN2O2/c1-21-10-9-19-15(14(17)11-18-19)16(20)8-4-6-12-5-2-3-7-13(12)16/h2-3,5,7,11,20H,4,6,8-10H2,1H3. The van der Waals surface area contributed by atoms with Crippen molar-refractivity contribution in [3.63, 3.8) is 0 Å². The topological polar surface area (TPSA) is 47.3 Å². The zero-order chi connectivity index (χ0) is 14.9. The van der Waals surface area contributed by atoms with Gasteiger partial charge in [-0.05, 0) is 46.3 Å². The summed E-state index contributed by atoms with van der Waals surface area (Å²) in [6.45, 7) is 1.20. The van der Waals surface area contributed by atoms with Crippen molar-refractivity contribution in [2.45, 2.75) is 31.4 Å². The number of halogens is 1. The van der Waals surface area contributed by atoms with Crippen LogP contribution in [0.15, 0.2) is 34.9 Å². The molecule has 112 valence electrons. The summed E-state index contributed by atoms with van der Waals surface area (Å²) in [5.41, 5.74) is 2.05. The molecule has 1 aliphatic rings. The highest BCUT2D eigenvalue weighted by Gasteiger charge is 2.40. The van der Waals surface area contributed by atoms with Crippen LogP contribution in [0.4, 0.5) is 0 Å². The van der Waals surface area contributed by atoms with E-state index in [0.29, 0.717) is 19.6 Å². The number of benzene rings is 1. The van der Waals surface area contributed by atoms with Crippen molar-refractivity contribution in [3.8, 4) is 0 Å². The zero-order valence-corrected chi connectivity index (χ0v) is 13.6. The van der Waals surface area contributed by atoms with Gasteiger partial charge in [-0.15, -0.1) is 0 Å². The molecule has 3 rings (SSSR count). The number of aromatic nitrogens is 2. The fraction of sp³-hybridized carbons (Fsp3) is 0.438. The summed E-state index contributed by atoms with van der Waals surface area (Å²) in [6, 6.07) is 8.14. The second-order valence-corrected chi connectivity index (χ2v) is 6.28. The van der Waals surface area contributed by atoms with Crippen molar-refractivity contribution >= 4 is 15.9 Å². The first-order chi connectivity index (χ1) is 10.2. The average molecular weight is 351 g/mol. The third-order valence-corrected chi connectivity index (χ3v) is 4.72.